The predicted molar refractivity (Wildman–Crippen MR) is 117 cm³/mol. The number of benzene rings is 2. The third-order valence-corrected chi connectivity index (χ3v) is 6.75. The van der Waals surface area contributed by atoms with Crippen LogP contribution in [0.5, 0.6) is 0 Å². The average molecular weight is 452 g/mol. The second-order valence-corrected chi connectivity index (χ2v) is 9.53. The summed E-state index contributed by atoms with van der Waals surface area (Å²) in [5.41, 5.74) is 1.79. The molecule has 1 N–H and O–H groups in total. The van der Waals surface area contributed by atoms with E-state index in [0.717, 1.165) is 43.8 Å². The highest BCUT2D eigenvalue weighted by Gasteiger charge is 2.24. The van der Waals surface area contributed by atoms with E-state index in [1.807, 2.05) is 12.1 Å². The molecule has 1 saturated heterocycles. The fourth-order valence-corrected chi connectivity index (χ4v) is 4.68. The Kier molecular flexibility index (Phi) is 7.15. The topological polar surface area (TPSA) is 69.7 Å². The monoisotopic (exact) mass is 451 g/mol. The van der Waals surface area contributed by atoms with Gasteiger partial charge in [0.1, 0.15) is 5.75 Å². The smallest absolute Gasteiger partial charge is 0.241 e. The van der Waals surface area contributed by atoms with Crippen LogP contribution >= 0.6 is 0 Å². The van der Waals surface area contributed by atoms with Crippen LogP contribution in [0.4, 0.5) is 20.2 Å². The van der Waals surface area contributed by atoms with Crippen LogP contribution in [0.1, 0.15) is 37.8 Å². The molecule has 3 rings (SSSR count). The Morgan fingerprint density at radius 1 is 1.06 bits per heavy atom. The molecule has 1 unspecified atom stereocenters. The van der Waals surface area contributed by atoms with Crippen molar-refractivity contribution >= 4 is 27.3 Å². The van der Waals surface area contributed by atoms with Crippen LogP contribution in [0.25, 0.3) is 0 Å². The summed E-state index contributed by atoms with van der Waals surface area (Å²) in [7, 11) is -2.51. The lowest BCUT2D eigenvalue weighted by Gasteiger charge is -2.29. The lowest BCUT2D eigenvalue weighted by Crippen LogP contribution is -2.36. The molecule has 0 saturated carbocycles. The fourth-order valence-electron chi connectivity index (χ4n) is 3.58. The Morgan fingerprint density at radius 3 is 2.32 bits per heavy atom. The maximum atomic E-state index is 13.5. The molecule has 1 amide bonds. The summed E-state index contributed by atoms with van der Waals surface area (Å²) in [4.78, 5) is 16.0. The second kappa shape index (κ2) is 9.64. The van der Waals surface area contributed by atoms with E-state index in [2.05, 4.69) is 9.62 Å². The largest absolute Gasteiger partial charge is 0.372 e. The standard InChI is InChI=1S/C22H27F2N3O3S/c1-16(17-6-11-20(23)21(24)14-17)26(2)22(28)15-31(29,30)25-18-7-9-19(10-8-18)27-12-4-3-5-13-27/h6-11,14,16,25H,3-5,12-13,15H2,1-2H3. The second-order valence-electron chi connectivity index (χ2n) is 7.81. The molecule has 0 radical (unpaired) electrons. The van der Waals surface area contributed by atoms with E-state index in [1.165, 1.54) is 24.4 Å². The summed E-state index contributed by atoms with van der Waals surface area (Å²) < 4.78 is 54.0. The number of carbonyl (C=O) groups excluding carboxylic acids is 1. The first kappa shape index (κ1) is 23.0. The van der Waals surface area contributed by atoms with Gasteiger partial charge in [0.05, 0.1) is 6.04 Å². The first-order valence-corrected chi connectivity index (χ1v) is 11.9. The van der Waals surface area contributed by atoms with Crippen molar-refractivity contribution in [3.63, 3.8) is 0 Å². The molecule has 1 aliphatic rings. The summed E-state index contributed by atoms with van der Waals surface area (Å²) in [5, 5.41) is 0. The minimum atomic E-state index is -3.94. The zero-order valence-corrected chi connectivity index (χ0v) is 18.5. The molecular formula is C22H27F2N3O3S. The van der Waals surface area contributed by atoms with Crippen LogP contribution in [0, 0.1) is 11.6 Å². The minimum Gasteiger partial charge on any atom is -0.372 e. The van der Waals surface area contributed by atoms with Crippen LogP contribution in [-0.4, -0.2) is 45.1 Å². The van der Waals surface area contributed by atoms with E-state index in [-0.39, 0.29) is 0 Å². The van der Waals surface area contributed by atoms with Crippen molar-refractivity contribution in [1.82, 2.24) is 4.90 Å². The summed E-state index contributed by atoms with van der Waals surface area (Å²) in [6, 6.07) is 9.81. The maximum Gasteiger partial charge on any atom is 0.241 e. The van der Waals surface area contributed by atoms with E-state index in [1.54, 1.807) is 19.1 Å². The number of nitrogens with zero attached hydrogens (tertiary/aromatic N) is 2. The van der Waals surface area contributed by atoms with Gasteiger partial charge >= 0.3 is 0 Å². The van der Waals surface area contributed by atoms with Crippen LogP contribution in [-0.2, 0) is 14.8 Å². The van der Waals surface area contributed by atoms with Crippen LogP contribution in [0.2, 0.25) is 0 Å². The third kappa shape index (κ3) is 5.94. The molecular weight excluding hydrogens is 424 g/mol. The number of anilines is 2. The number of nitrogens with one attached hydrogen (secondary N) is 1. The minimum absolute atomic E-state index is 0.369. The van der Waals surface area contributed by atoms with Crippen molar-refractivity contribution in [2.75, 3.05) is 35.5 Å². The highest BCUT2D eigenvalue weighted by atomic mass is 32.2. The molecule has 2 aromatic carbocycles. The lowest BCUT2D eigenvalue weighted by molar-refractivity contribution is -0.129. The van der Waals surface area contributed by atoms with Gasteiger partial charge in [0.15, 0.2) is 11.6 Å². The van der Waals surface area contributed by atoms with Gasteiger partial charge < -0.3 is 9.80 Å². The van der Waals surface area contributed by atoms with Gasteiger partial charge in [0, 0.05) is 31.5 Å². The van der Waals surface area contributed by atoms with E-state index in [9.17, 15) is 22.0 Å². The number of halogens is 2. The number of hydrogen-bond acceptors (Lipinski definition) is 4. The molecule has 31 heavy (non-hydrogen) atoms. The number of sulfonamides is 1. The fraction of sp³-hybridized carbons (Fsp3) is 0.409. The van der Waals surface area contributed by atoms with E-state index in [0.29, 0.717) is 11.3 Å². The van der Waals surface area contributed by atoms with Gasteiger partial charge in [0.2, 0.25) is 15.9 Å². The summed E-state index contributed by atoms with van der Waals surface area (Å²) in [6.07, 6.45) is 3.52. The number of amides is 1. The number of rotatable bonds is 7. The predicted octanol–water partition coefficient (Wildman–Crippen LogP) is 3.92. The molecule has 2 aromatic rings. The Morgan fingerprint density at radius 2 is 1.71 bits per heavy atom. The highest BCUT2D eigenvalue weighted by Crippen LogP contribution is 2.23. The van der Waals surface area contributed by atoms with Gasteiger partial charge in [-0.15, -0.1) is 0 Å². The van der Waals surface area contributed by atoms with Crippen molar-refractivity contribution in [2.45, 2.75) is 32.2 Å². The summed E-state index contributed by atoms with van der Waals surface area (Å²) >= 11 is 0. The lowest BCUT2D eigenvalue weighted by atomic mass is 10.1. The first-order chi connectivity index (χ1) is 14.7. The van der Waals surface area contributed by atoms with Gasteiger partial charge in [-0.05, 0) is 68.1 Å². The van der Waals surface area contributed by atoms with Crippen molar-refractivity contribution in [2.24, 2.45) is 0 Å². The van der Waals surface area contributed by atoms with Crippen LogP contribution in [0.15, 0.2) is 42.5 Å². The molecule has 0 bridgehead atoms. The molecule has 9 heteroatoms. The van der Waals surface area contributed by atoms with Crippen LogP contribution in [0.3, 0.4) is 0 Å². The molecule has 1 heterocycles. The van der Waals surface area contributed by atoms with Crippen LogP contribution < -0.4 is 9.62 Å². The maximum absolute atomic E-state index is 13.5. The SMILES string of the molecule is CC(c1ccc(F)c(F)c1)N(C)C(=O)CS(=O)(=O)Nc1ccc(N2CCCCC2)cc1. The zero-order valence-electron chi connectivity index (χ0n) is 17.6. The van der Waals surface area contributed by atoms with Gasteiger partial charge in [-0.25, -0.2) is 17.2 Å². The van der Waals surface area contributed by atoms with Crippen molar-refractivity contribution in [3.05, 3.63) is 59.7 Å². The Labute approximate surface area is 181 Å². The normalized spacial score (nSPS) is 15.4. The summed E-state index contributed by atoms with van der Waals surface area (Å²) in [6.45, 7) is 3.59. The molecule has 1 aliphatic heterocycles. The third-order valence-electron chi connectivity index (χ3n) is 5.58. The van der Waals surface area contributed by atoms with E-state index in [4.69, 9.17) is 0 Å². The number of carbonyl (C=O) groups is 1. The molecule has 168 valence electrons. The first-order valence-electron chi connectivity index (χ1n) is 10.2. The van der Waals surface area contributed by atoms with Crippen molar-refractivity contribution in [1.29, 1.82) is 0 Å². The van der Waals surface area contributed by atoms with Gasteiger partial charge in [-0.1, -0.05) is 6.07 Å². The summed E-state index contributed by atoms with van der Waals surface area (Å²) in [5.74, 6) is -3.42. The van der Waals surface area contributed by atoms with Gasteiger partial charge in [-0.3, -0.25) is 9.52 Å². The van der Waals surface area contributed by atoms with Crippen molar-refractivity contribution < 1.29 is 22.0 Å². The Bertz CT molecular complexity index is 1020. The van der Waals surface area contributed by atoms with E-state index >= 15 is 0 Å². The molecule has 1 fully saturated rings. The zero-order chi connectivity index (χ0) is 22.6. The molecule has 0 aliphatic carbocycles. The molecule has 0 aromatic heterocycles. The highest BCUT2D eigenvalue weighted by molar-refractivity contribution is 7.93. The Balaban J connectivity index is 1.61. The Hall–Kier alpha value is -2.68. The van der Waals surface area contributed by atoms with E-state index < -0.39 is 39.4 Å². The molecule has 0 spiro atoms. The quantitative estimate of drug-likeness (QED) is 0.693. The van der Waals surface area contributed by atoms with Gasteiger partial charge in [-0.2, -0.15) is 0 Å². The van der Waals surface area contributed by atoms with Gasteiger partial charge in [0.25, 0.3) is 0 Å². The molecule has 6 nitrogen and oxygen atoms in total. The number of hydrogen-bond donors (Lipinski definition) is 1. The number of piperidine rings is 1. The molecule has 1 atom stereocenters. The average Bonchev–Trinajstić information content (AvgIpc) is 2.75. The van der Waals surface area contributed by atoms with Crippen molar-refractivity contribution in [3.8, 4) is 0 Å².